The first-order valence-corrected chi connectivity index (χ1v) is 5.47. The smallest absolute Gasteiger partial charge is 0.329 e. The average molecular weight is 247 g/mol. The predicted octanol–water partition coefficient (Wildman–Crippen LogP) is 0.000900. The molecule has 100 valence electrons. The molecule has 3 N–H and O–H groups in total. The van der Waals surface area contributed by atoms with Gasteiger partial charge in [-0.1, -0.05) is 20.8 Å². The van der Waals surface area contributed by atoms with E-state index in [2.05, 4.69) is 10.1 Å². The van der Waals surface area contributed by atoms with Gasteiger partial charge < -0.3 is 20.3 Å². The Hall–Kier alpha value is -1.14. The molecule has 0 fully saturated rings. The highest BCUT2D eigenvalue weighted by molar-refractivity contribution is 5.78. The number of hydrogen-bond donors (Lipinski definition) is 3. The van der Waals surface area contributed by atoms with Gasteiger partial charge in [0.05, 0.1) is 0 Å². The lowest BCUT2D eigenvalue weighted by Crippen LogP contribution is -2.45. The van der Waals surface area contributed by atoms with Gasteiger partial charge in [0.15, 0.2) is 0 Å². The zero-order chi connectivity index (χ0) is 13.5. The summed E-state index contributed by atoms with van der Waals surface area (Å²) >= 11 is 0. The minimum absolute atomic E-state index is 0.0157. The van der Waals surface area contributed by atoms with Gasteiger partial charge >= 0.3 is 5.97 Å². The number of carboxylic acid groups (broad SMARTS) is 1. The van der Waals surface area contributed by atoms with Crippen LogP contribution in [0.5, 0.6) is 0 Å². The van der Waals surface area contributed by atoms with Crippen LogP contribution in [0.15, 0.2) is 0 Å². The molecular weight excluding hydrogens is 226 g/mol. The van der Waals surface area contributed by atoms with Crippen molar-refractivity contribution in [3.05, 3.63) is 0 Å². The Labute approximate surface area is 101 Å². The number of rotatable bonds is 7. The van der Waals surface area contributed by atoms with Crippen LogP contribution in [-0.4, -0.2) is 48.0 Å². The SMILES string of the molecule is CC(C)(C)C(CCO)NC(=O)COCC(=O)O. The van der Waals surface area contributed by atoms with Crippen LogP contribution in [0.1, 0.15) is 27.2 Å². The highest BCUT2D eigenvalue weighted by Gasteiger charge is 2.25. The summed E-state index contributed by atoms with van der Waals surface area (Å²) < 4.78 is 4.67. The Kier molecular flexibility index (Phi) is 6.75. The zero-order valence-corrected chi connectivity index (χ0v) is 10.5. The van der Waals surface area contributed by atoms with Crippen LogP contribution in [0.25, 0.3) is 0 Å². The van der Waals surface area contributed by atoms with Gasteiger partial charge in [0.2, 0.25) is 5.91 Å². The highest BCUT2D eigenvalue weighted by Crippen LogP contribution is 2.21. The van der Waals surface area contributed by atoms with Crippen molar-refractivity contribution in [3.8, 4) is 0 Å². The van der Waals surface area contributed by atoms with E-state index in [-0.39, 0.29) is 30.6 Å². The van der Waals surface area contributed by atoms with Crippen molar-refractivity contribution in [2.45, 2.75) is 33.2 Å². The molecule has 6 heteroatoms. The lowest BCUT2D eigenvalue weighted by Gasteiger charge is -2.31. The van der Waals surface area contributed by atoms with Crippen molar-refractivity contribution in [1.29, 1.82) is 0 Å². The van der Waals surface area contributed by atoms with Crippen LogP contribution in [-0.2, 0) is 14.3 Å². The van der Waals surface area contributed by atoms with E-state index in [1.165, 1.54) is 0 Å². The molecule has 1 atom stereocenters. The van der Waals surface area contributed by atoms with Crippen molar-refractivity contribution >= 4 is 11.9 Å². The number of carbonyl (C=O) groups is 2. The average Bonchev–Trinajstić information content (AvgIpc) is 2.15. The van der Waals surface area contributed by atoms with E-state index in [9.17, 15) is 9.59 Å². The first kappa shape index (κ1) is 15.9. The molecule has 0 aromatic carbocycles. The van der Waals surface area contributed by atoms with Crippen LogP contribution in [0.3, 0.4) is 0 Å². The number of hydrogen-bond acceptors (Lipinski definition) is 4. The van der Waals surface area contributed by atoms with E-state index >= 15 is 0 Å². The Bertz CT molecular complexity index is 259. The van der Waals surface area contributed by atoms with Crippen molar-refractivity contribution in [1.82, 2.24) is 5.32 Å². The number of aliphatic carboxylic acids is 1. The van der Waals surface area contributed by atoms with Crippen LogP contribution in [0, 0.1) is 5.41 Å². The number of carboxylic acids is 1. The van der Waals surface area contributed by atoms with E-state index in [0.717, 1.165) is 0 Å². The maximum atomic E-state index is 11.4. The van der Waals surface area contributed by atoms with Gasteiger partial charge in [-0.05, 0) is 11.8 Å². The molecule has 0 rings (SSSR count). The molecule has 0 aromatic rings. The second-order valence-corrected chi connectivity index (χ2v) is 4.88. The molecule has 1 amide bonds. The number of aliphatic hydroxyl groups is 1. The first-order chi connectivity index (χ1) is 7.77. The largest absolute Gasteiger partial charge is 0.480 e. The van der Waals surface area contributed by atoms with Crippen molar-refractivity contribution in [2.75, 3.05) is 19.8 Å². The van der Waals surface area contributed by atoms with Gasteiger partial charge in [-0.15, -0.1) is 0 Å². The number of carbonyl (C=O) groups excluding carboxylic acids is 1. The molecule has 0 aliphatic rings. The molecule has 0 aliphatic carbocycles. The maximum absolute atomic E-state index is 11.4. The van der Waals surface area contributed by atoms with Gasteiger partial charge in [0, 0.05) is 12.6 Å². The monoisotopic (exact) mass is 247 g/mol. The van der Waals surface area contributed by atoms with E-state index in [0.29, 0.717) is 6.42 Å². The van der Waals surface area contributed by atoms with Gasteiger partial charge in [-0.2, -0.15) is 0 Å². The van der Waals surface area contributed by atoms with Gasteiger partial charge in [0.25, 0.3) is 0 Å². The molecule has 0 saturated heterocycles. The number of amides is 1. The summed E-state index contributed by atoms with van der Waals surface area (Å²) in [6, 6.07) is -0.173. The Morgan fingerprint density at radius 3 is 2.29 bits per heavy atom. The predicted molar refractivity (Wildman–Crippen MR) is 61.5 cm³/mol. The topological polar surface area (TPSA) is 95.9 Å². The standard InChI is InChI=1S/C11H21NO5/c1-11(2,3)8(4-5-13)12-9(14)6-17-7-10(15)16/h8,13H,4-7H2,1-3H3,(H,12,14)(H,15,16). The fourth-order valence-electron chi connectivity index (χ4n) is 1.32. The first-order valence-electron chi connectivity index (χ1n) is 5.47. The third-order valence-corrected chi connectivity index (χ3v) is 2.26. The molecule has 0 spiro atoms. The molecular formula is C11H21NO5. The molecule has 0 bridgehead atoms. The van der Waals surface area contributed by atoms with Crippen LogP contribution in [0.2, 0.25) is 0 Å². The minimum atomic E-state index is -1.11. The highest BCUT2D eigenvalue weighted by atomic mass is 16.5. The number of ether oxygens (including phenoxy) is 1. The van der Waals surface area contributed by atoms with Gasteiger partial charge in [-0.3, -0.25) is 4.79 Å². The third kappa shape index (κ3) is 7.70. The molecule has 0 radical (unpaired) electrons. The van der Waals surface area contributed by atoms with Crippen LogP contribution < -0.4 is 5.32 Å². The molecule has 0 saturated carbocycles. The van der Waals surface area contributed by atoms with Gasteiger partial charge in [-0.25, -0.2) is 4.79 Å². The third-order valence-electron chi connectivity index (χ3n) is 2.26. The molecule has 6 nitrogen and oxygen atoms in total. The number of aliphatic hydroxyl groups excluding tert-OH is 1. The Balaban J connectivity index is 4.09. The van der Waals surface area contributed by atoms with Crippen LogP contribution >= 0.6 is 0 Å². The lowest BCUT2D eigenvalue weighted by atomic mass is 9.85. The van der Waals surface area contributed by atoms with Crippen molar-refractivity contribution < 1.29 is 24.5 Å². The summed E-state index contributed by atoms with van der Waals surface area (Å²) in [4.78, 5) is 21.6. The minimum Gasteiger partial charge on any atom is -0.480 e. The maximum Gasteiger partial charge on any atom is 0.329 e. The zero-order valence-electron chi connectivity index (χ0n) is 10.5. The van der Waals surface area contributed by atoms with Crippen molar-refractivity contribution in [2.24, 2.45) is 5.41 Å². The van der Waals surface area contributed by atoms with Crippen LogP contribution in [0.4, 0.5) is 0 Å². The summed E-state index contributed by atoms with van der Waals surface area (Å²) in [5, 5.41) is 19.9. The quantitative estimate of drug-likeness (QED) is 0.588. The summed E-state index contributed by atoms with van der Waals surface area (Å²) in [5.74, 6) is -1.49. The normalized spacial score (nSPS) is 13.2. The van der Waals surface area contributed by atoms with E-state index in [4.69, 9.17) is 10.2 Å². The lowest BCUT2D eigenvalue weighted by molar-refractivity contribution is -0.143. The second kappa shape index (κ2) is 7.24. The molecule has 1 unspecified atom stereocenters. The molecule has 0 aromatic heterocycles. The fraction of sp³-hybridized carbons (Fsp3) is 0.818. The van der Waals surface area contributed by atoms with E-state index in [1.807, 2.05) is 20.8 Å². The van der Waals surface area contributed by atoms with Gasteiger partial charge in [0.1, 0.15) is 13.2 Å². The summed E-state index contributed by atoms with van der Waals surface area (Å²) in [6.07, 6.45) is 0.453. The summed E-state index contributed by atoms with van der Waals surface area (Å²) in [5.41, 5.74) is -0.175. The van der Waals surface area contributed by atoms with Crippen molar-refractivity contribution in [3.63, 3.8) is 0 Å². The van der Waals surface area contributed by atoms with E-state index < -0.39 is 12.6 Å². The Morgan fingerprint density at radius 2 is 1.88 bits per heavy atom. The van der Waals surface area contributed by atoms with E-state index in [1.54, 1.807) is 0 Å². The number of nitrogens with one attached hydrogen (secondary N) is 1. The molecule has 0 aliphatic heterocycles. The summed E-state index contributed by atoms with van der Waals surface area (Å²) in [7, 11) is 0. The Morgan fingerprint density at radius 1 is 1.29 bits per heavy atom. The molecule has 0 heterocycles. The fourth-order valence-corrected chi connectivity index (χ4v) is 1.32. The summed E-state index contributed by atoms with van der Waals surface area (Å²) in [6.45, 7) is 5.05. The second-order valence-electron chi connectivity index (χ2n) is 4.88. The molecule has 17 heavy (non-hydrogen) atoms.